The van der Waals surface area contributed by atoms with E-state index in [0.29, 0.717) is 23.2 Å². The lowest BCUT2D eigenvalue weighted by Crippen LogP contribution is -2.03. The fraction of sp³-hybridized carbons (Fsp3) is 0.500. The Balaban J connectivity index is 3.06. The molecule has 0 saturated carbocycles. The Hall–Kier alpha value is -0.680. The maximum atomic E-state index is 13.2. The molecule has 0 bridgehead atoms. The van der Waals surface area contributed by atoms with Crippen LogP contribution >= 0.6 is 11.8 Å². The van der Waals surface area contributed by atoms with Gasteiger partial charge in [0.05, 0.1) is 5.69 Å². The van der Waals surface area contributed by atoms with Crippen molar-refractivity contribution in [1.82, 2.24) is 9.97 Å². The summed E-state index contributed by atoms with van der Waals surface area (Å²) in [5.41, 5.74) is 0.367. The maximum Gasteiger partial charge on any atom is 0.176 e. The zero-order valence-corrected chi connectivity index (χ0v) is 8.61. The summed E-state index contributed by atoms with van der Waals surface area (Å²) in [6.45, 7) is 1.94. The minimum atomic E-state index is -0.340. The molecule has 1 heterocycles. The lowest BCUT2D eigenvalue weighted by atomic mass is 10.4. The van der Waals surface area contributed by atoms with Gasteiger partial charge in [-0.1, -0.05) is 0 Å². The van der Waals surface area contributed by atoms with Crippen molar-refractivity contribution in [3.05, 3.63) is 17.3 Å². The zero-order valence-electron chi connectivity index (χ0n) is 7.80. The lowest BCUT2D eigenvalue weighted by molar-refractivity contribution is 0.176. The van der Waals surface area contributed by atoms with Gasteiger partial charge in [0.25, 0.3) is 0 Å². The molecule has 0 radical (unpaired) electrons. The van der Waals surface area contributed by atoms with Crippen LogP contribution in [0.3, 0.4) is 0 Å². The van der Waals surface area contributed by atoms with Crippen molar-refractivity contribution in [1.29, 1.82) is 0 Å². The SMILES string of the molecule is COCc1nc(C)c(F)c(SC)n1. The van der Waals surface area contributed by atoms with Gasteiger partial charge < -0.3 is 4.74 Å². The molecule has 0 N–H and O–H groups in total. The van der Waals surface area contributed by atoms with Crippen molar-refractivity contribution in [2.45, 2.75) is 18.6 Å². The number of aromatic nitrogens is 2. The van der Waals surface area contributed by atoms with Crippen molar-refractivity contribution < 1.29 is 9.13 Å². The van der Waals surface area contributed by atoms with E-state index < -0.39 is 0 Å². The molecule has 72 valence electrons. The van der Waals surface area contributed by atoms with Gasteiger partial charge >= 0.3 is 0 Å². The fourth-order valence-electron chi connectivity index (χ4n) is 0.918. The number of halogens is 1. The number of thioether (sulfide) groups is 1. The van der Waals surface area contributed by atoms with Gasteiger partial charge in [0.15, 0.2) is 11.6 Å². The summed E-state index contributed by atoms with van der Waals surface area (Å²) in [4.78, 5) is 7.94. The van der Waals surface area contributed by atoms with Gasteiger partial charge in [-0.3, -0.25) is 0 Å². The zero-order chi connectivity index (χ0) is 9.84. The Morgan fingerprint density at radius 3 is 2.69 bits per heavy atom. The standard InChI is InChI=1S/C8H11FN2OS/c1-5-7(9)8(13-3)11-6(10-5)4-12-2/h4H2,1-3H3. The molecule has 13 heavy (non-hydrogen) atoms. The highest BCUT2D eigenvalue weighted by molar-refractivity contribution is 7.98. The molecule has 0 atom stereocenters. The van der Waals surface area contributed by atoms with Gasteiger partial charge in [-0.05, 0) is 13.2 Å². The Morgan fingerprint density at radius 2 is 2.15 bits per heavy atom. The number of rotatable bonds is 3. The molecular formula is C8H11FN2OS. The van der Waals surface area contributed by atoms with Crippen molar-refractivity contribution in [2.24, 2.45) is 0 Å². The van der Waals surface area contributed by atoms with Gasteiger partial charge in [-0.2, -0.15) is 0 Å². The molecule has 0 aliphatic carbocycles. The van der Waals surface area contributed by atoms with Gasteiger partial charge in [-0.15, -0.1) is 11.8 Å². The summed E-state index contributed by atoms with van der Waals surface area (Å²) >= 11 is 1.27. The maximum absolute atomic E-state index is 13.2. The Morgan fingerprint density at radius 1 is 1.46 bits per heavy atom. The highest BCUT2D eigenvalue weighted by Gasteiger charge is 2.09. The molecule has 1 aromatic heterocycles. The second-order valence-electron chi connectivity index (χ2n) is 2.48. The molecule has 0 spiro atoms. The summed E-state index contributed by atoms with van der Waals surface area (Å²) in [7, 11) is 1.56. The summed E-state index contributed by atoms with van der Waals surface area (Å²) < 4.78 is 18.1. The van der Waals surface area contributed by atoms with E-state index in [1.54, 1.807) is 20.3 Å². The first kappa shape index (κ1) is 10.4. The molecule has 0 saturated heterocycles. The minimum absolute atomic E-state index is 0.314. The third-order valence-electron chi connectivity index (χ3n) is 1.50. The summed E-state index contributed by atoms with van der Waals surface area (Å²) in [5, 5.41) is 0.375. The molecular weight excluding hydrogens is 191 g/mol. The van der Waals surface area contributed by atoms with Gasteiger partial charge in [0.2, 0.25) is 0 Å². The van der Waals surface area contributed by atoms with Crippen molar-refractivity contribution in [3.63, 3.8) is 0 Å². The number of hydrogen-bond donors (Lipinski definition) is 0. The molecule has 3 nitrogen and oxygen atoms in total. The summed E-state index contributed by atoms with van der Waals surface area (Å²) in [5.74, 6) is 0.179. The molecule has 5 heteroatoms. The van der Waals surface area contributed by atoms with Crippen LogP contribution in [0.2, 0.25) is 0 Å². The predicted molar refractivity (Wildman–Crippen MR) is 49.2 cm³/mol. The Bertz CT molecular complexity index is 306. The Kier molecular flexibility index (Phi) is 3.62. The first-order valence-electron chi connectivity index (χ1n) is 3.75. The highest BCUT2D eigenvalue weighted by atomic mass is 32.2. The van der Waals surface area contributed by atoms with E-state index in [1.165, 1.54) is 11.8 Å². The van der Waals surface area contributed by atoms with Gasteiger partial charge in [0.1, 0.15) is 11.6 Å². The molecule has 0 aliphatic rings. The smallest absolute Gasteiger partial charge is 0.176 e. The third kappa shape index (κ3) is 2.38. The number of hydrogen-bond acceptors (Lipinski definition) is 4. The fourth-order valence-corrected chi connectivity index (χ4v) is 1.44. The predicted octanol–water partition coefficient (Wildman–Crippen LogP) is 1.79. The summed E-state index contributed by atoms with van der Waals surface area (Å²) in [6.07, 6.45) is 1.78. The second kappa shape index (κ2) is 4.53. The number of methoxy groups -OCH3 is 1. The van der Waals surface area contributed by atoms with Crippen LogP contribution in [0.25, 0.3) is 0 Å². The van der Waals surface area contributed by atoms with E-state index in [9.17, 15) is 4.39 Å². The molecule has 0 aromatic carbocycles. The average Bonchev–Trinajstić information content (AvgIpc) is 2.11. The van der Waals surface area contributed by atoms with Crippen LogP contribution in [0.5, 0.6) is 0 Å². The number of nitrogens with zero attached hydrogens (tertiary/aromatic N) is 2. The topological polar surface area (TPSA) is 35.0 Å². The third-order valence-corrected chi connectivity index (χ3v) is 2.16. The number of aryl methyl sites for hydroxylation is 1. The molecule has 1 rings (SSSR count). The van der Waals surface area contributed by atoms with Crippen LogP contribution in [-0.4, -0.2) is 23.3 Å². The molecule has 0 unspecified atom stereocenters. The van der Waals surface area contributed by atoms with E-state index in [2.05, 4.69) is 9.97 Å². The Labute approximate surface area is 80.7 Å². The van der Waals surface area contributed by atoms with E-state index in [0.717, 1.165) is 0 Å². The van der Waals surface area contributed by atoms with Crippen molar-refractivity contribution >= 4 is 11.8 Å². The van der Waals surface area contributed by atoms with Gasteiger partial charge in [0, 0.05) is 7.11 Å². The van der Waals surface area contributed by atoms with Crippen LogP contribution in [0, 0.1) is 12.7 Å². The van der Waals surface area contributed by atoms with Crippen LogP contribution in [0.15, 0.2) is 5.03 Å². The monoisotopic (exact) mass is 202 g/mol. The van der Waals surface area contributed by atoms with Crippen LogP contribution < -0.4 is 0 Å². The first-order chi connectivity index (χ1) is 6.19. The van der Waals surface area contributed by atoms with E-state index in [4.69, 9.17) is 4.74 Å². The van der Waals surface area contributed by atoms with Crippen LogP contribution in [0.4, 0.5) is 4.39 Å². The van der Waals surface area contributed by atoms with Crippen molar-refractivity contribution in [2.75, 3.05) is 13.4 Å². The largest absolute Gasteiger partial charge is 0.377 e. The number of ether oxygens (including phenoxy) is 1. The minimum Gasteiger partial charge on any atom is -0.377 e. The van der Waals surface area contributed by atoms with Gasteiger partial charge in [-0.25, -0.2) is 14.4 Å². The molecule has 0 fully saturated rings. The molecule has 1 aromatic rings. The van der Waals surface area contributed by atoms with Crippen LogP contribution in [0.1, 0.15) is 11.5 Å². The molecule has 0 amide bonds. The van der Waals surface area contributed by atoms with E-state index >= 15 is 0 Å². The normalized spacial score (nSPS) is 10.5. The van der Waals surface area contributed by atoms with E-state index in [-0.39, 0.29) is 5.82 Å². The average molecular weight is 202 g/mol. The lowest BCUT2D eigenvalue weighted by Gasteiger charge is -2.04. The van der Waals surface area contributed by atoms with Crippen molar-refractivity contribution in [3.8, 4) is 0 Å². The molecule has 0 aliphatic heterocycles. The summed E-state index contributed by atoms with van der Waals surface area (Å²) in [6, 6.07) is 0. The van der Waals surface area contributed by atoms with Crippen LogP contribution in [-0.2, 0) is 11.3 Å². The second-order valence-corrected chi connectivity index (χ2v) is 3.28. The quantitative estimate of drug-likeness (QED) is 0.553. The van der Waals surface area contributed by atoms with E-state index in [1.807, 2.05) is 0 Å². The highest BCUT2D eigenvalue weighted by Crippen LogP contribution is 2.18. The first-order valence-corrected chi connectivity index (χ1v) is 4.97.